The van der Waals surface area contributed by atoms with E-state index in [9.17, 15) is 15.0 Å². The monoisotopic (exact) mass is 389 g/mol. The van der Waals surface area contributed by atoms with Gasteiger partial charge in [0.25, 0.3) is 5.56 Å². The van der Waals surface area contributed by atoms with Crippen molar-refractivity contribution in [1.29, 1.82) is 0 Å². The molecule has 0 atom stereocenters. The Kier molecular flexibility index (Phi) is 5.44. The van der Waals surface area contributed by atoms with Gasteiger partial charge < -0.3 is 10.2 Å². The lowest BCUT2D eigenvalue weighted by Crippen LogP contribution is -2.19. The van der Waals surface area contributed by atoms with Crippen molar-refractivity contribution in [3.63, 3.8) is 0 Å². The number of hydrogen-bond acceptors (Lipinski definition) is 4. The fourth-order valence-corrected chi connectivity index (χ4v) is 2.80. The molecule has 2 N–H and O–H groups in total. The van der Waals surface area contributed by atoms with E-state index >= 15 is 0 Å². The predicted octanol–water partition coefficient (Wildman–Crippen LogP) is 3.06. The minimum Gasteiger partial charge on any atom is -0.507 e. The fourth-order valence-electron chi connectivity index (χ4n) is 2.80. The number of hydrogen-bond donors (Lipinski definition) is 2. The molecule has 0 unspecified atom stereocenters. The van der Waals surface area contributed by atoms with Gasteiger partial charge in [0, 0.05) is 24.4 Å². The molecule has 0 fully saturated rings. The summed E-state index contributed by atoms with van der Waals surface area (Å²) in [5, 5.41) is 19.9. The molecule has 0 amide bonds. The van der Waals surface area contributed by atoms with Gasteiger partial charge in [0.1, 0.15) is 11.4 Å². The Hall–Kier alpha value is -3.56. The number of para-hydroxylation sites is 1. The second-order valence-corrected chi connectivity index (χ2v) is 7.25. The highest BCUT2D eigenvalue weighted by Gasteiger charge is 2.15. The molecule has 0 aliphatic carbocycles. The number of aromatic nitrogens is 2. The first kappa shape index (κ1) is 20.2. The van der Waals surface area contributed by atoms with Gasteiger partial charge in [-0.25, -0.2) is 9.67 Å². The summed E-state index contributed by atoms with van der Waals surface area (Å²) in [5.41, 5.74) is 1.44. The Morgan fingerprint density at radius 2 is 1.83 bits per heavy atom. The normalized spacial score (nSPS) is 11.5. The van der Waals surface area contributed by atoms with Gasteiger partial charge in [-0.2, -0.15) is 0 Å². The molecule has 2 aromatic carbocycles. The Labute approximate surface area is 169 Å². The molecule has 1 aromatic heterocycles. The van der Waals surface area contributed by atoms with Crippen LogP contribution in [-0.4, -0.2) is 31.4 Å². The van der Waals surface area contributed by atoms with Crippen molar-refractivity contribution in [3.8, 4) is 23.3 Å². The number of aliphatic hydroxyl groups is 1. The first-order valence-electron chi connectivity index (χ1n) is 9.14. The SMILES string of the molecule is Cc1c(/N=C/c2cc(C#CC(C)(C)O)ccc2O)c(=O)n(-c2ccccc2)n1C. The van der Waals surface area contributed by atoms with Crippen LogP contribution in [0, 0.1) is 18.8 Å². The molecule has 6 nitrogen and oxygen atoms in total. The molecule has 0 saturated carbocycles. The number of nitrogens with zero attached hydrogens (tertiary/aromatic N) is 3. The molecule has 3 rings (SSSR count). The van der Waals surface area contributed by atoms with Crippen LogP contribution in [0.15, 0.2) is 58.3 Å². The van der Waals surface area contributed by atoms with Crippen LogP contribution >= 0.6 is 0 Å². The summed E-state index contributed by atoms with van der Waals surface area (Å²) in [7, 11) is 1.80. The van der Waals surface area contributed by atoms with Crippen LogP contribution in [0.2, 0.25) is 0 Å². The third-order valence-corrected chi connectivity index (χ3v) is 4.40. The quantitative estimate of drug-likeness (QED) is 0.534. The third-order valence-electron chi connectivity index (χ3n) is 4.40. The van der Waals surface area contributed by atoms with Crippen LogP contribution in [0.1, 0.15) is 30.7 Å². The average Bonchev–Trinajstić information content (AvgIpc) is 2.89. The lowest BCUT2D eigenvalue weighted by atomic mass is 10.1. The Balaban J connectivity index is 2.01. The second-order valence-electron chi connectivity index (χ2n) is 7.25. The van der Waals surface area contributed by atoms with E-state index in [0.717, 1.165) is 5.69 Å². The first-order chi connectivity index (χ1) is 13.7. The topological polar surface area (TPSA) is 79.8 Å². The number of rotatable bonds is 3. The van der Waals surface area contributed by atoms with Crippen LogP contribution < -0.4 is 5.56 Å². The van der Waals surface area contributed by atoms with E-state index in [1.807, 2.05) is 37.3 Å². The van der Waals surface area contributed by atoms with Gasteiger partial charge in [0.05, 0.1) is 11.4 Å². The molecule has 0 aliphatic rings. The van der Waals surface area contributed by atoms with Crippen molar-refractivity contribution in [3.05, 3.63) is 75.7 Å². The molecule has 6 heteroatoms. The fraction of sp³-hybridized carbons (Fsp3) is 0.217. The van der Waals surface area contributed by atoms with Crippen molar-refractivity contribution >= 4 is 11.9 Å². The molecule has 148 valence electrons. The Bertz CT molecular complexity index is 1180. The molecular formula is C23H23N3O3. The summed E-state index contributed by atoms with van der Waals surface area (Å²) in [6, 6.07) is 14.1. The molecule has 3 aromatic rings. The molecular weight excluding hydrogens is 366 g/mol. The summed E-state index contributed by atoms with van der Waals surface area (Å²) < 4.78 is 3.29. The van der Waals surface area contributed by atoms with Crippen molar-refractivity contribution < 1.29 is 10.2 Å². The van der Waals surface area contributed by atoms with E-state index < -0.39 is 5.60 Å². The van der Waals surface area contributed by atoms with Crippen molar-refractivity contribution in [1.82, 2.24) is 9.36 Å². The highest BCUT2D eigenvalue weighted by atomic mass is 16.3. The molecule has 29 heavy (non-hydrogen) atoms. The molecule has 0 radical (unpaired) electrons. The van der Waals surface area contributed by atoms with Gasteiger partial charge in [0.15, 0.2) is 5.69 Å². The van der Waals surface area contributed by atoms with Crippen molar-refractivity contribution in [2.24, 2.45) is 12.0 Å². The number of aromatic hydroxyl groups is 1. The summed E-state index contributed by atoms with van der Waals surface area (Å²) in [6.45, 7) is 5.01. The van der Waals surface area contributed by atoms with Crippen LogP contribution in [0.4, 0.5) is 5.69 Å². The zero-order chi connectivity index (χ0) is 21.2. The molecule has 0 saturated heterocycles. The van der Waals surface area contributed by atoms with Crippen molar-refractivity contribution in [2.75, 3.05) is 0 Å². The maximum absolute atomic E-state index is 12.9. The van der Waals surface area contributed by atoms with Gasteiger partial charge in [-0.3, -0.25) is 9.48 Å². The van der Waals surface area contributed by atoms with Crippen LogP contribution in [0.5, 0.6) is 5.75 Å². The van der Waals surface area contributed by atoms with E-state index in [-0.39, 0.29) is 11.3 Å². The van der Waals surface area contributed by atoms with Gasteiger partial charge in [-0.15, -0.1) is 0 Å². The standard InChI is InChI=1S/C23H23N3O3/c1-16-21(22(28)26(25(16)4)19-8-6-5-7-9-19)24-15-18-14-17(10-11-20(18)27)12-13-23(2,3)29/h5-11,14-15,27,29H,1-4H3/b24-15+. The lowest BCUT2D eigenvalue weighted by Gasteiger charge is -2.07. The molecule has 1 heterocycles. The van der Waals surface area contributed by atoms with E-state index in [2.05, 4.69) is 16.8 Å². The number of aliphatic imine (C=N–C) groups is 1. The van der Waals surface area contributed by atoms with Gasteiger partial charge >= 0.3 is 0 Å². The predicted molar refractivity (Wildman–Crippen MR) is 114 cm³/mol. The summed E-state index contributed by atoms with van der Waals surface area (Å²) in [4.78, 5) is 17.3. The zero-order valence-corrected chi connectivity index (χ0v) is 16.8. The Morgan fingerprint density at radius 1 is 1.14 bits per heavy atom. The van der Waals surface area contributed by atoms with E-state index in [1.165, 1.54) is 12.3 Å². The smallest absolute Gasteiger partial charge is 0.297 e. The summed E-state index contributed by atoms with van der Waals surface area (Å²) in [5.74, 6) is 5.62. The second kappa shape index (κ2) is 7.82. The van der Waals surface area contributed by atoms with Crippen LogP contribution in [-0.2, 0) is 7.05 Å². The third kappa shape index (κ3) is 4.48. The zero-order valence-electron chi connectivity index (χ0n) is 16.8. The molecule has 0 bridgehead atoms. The Morgan fingerprint density at radius 3 is 2.48 bits per heavy atom. The van der Waals surface area contributed by atoms with E-state index in [0.29, 0.717) is 22.5 Å². The number of phenols is 1. The van der Waals surface area contributed by atoms with Gasteiger partial charge in [-0.05, 0) is 51.1 Å². The van der Waals surface area contributed by atoms with Gasteiger partial charge in [0.2, 0.25) is 0 Å². The maximum atomic E-state index is 12.9. The molecule has 0 spiro atoms. The largest absolute Gasteiger partial charge is 0.507 e. The van der Waals surface area contributed by atoms with E-state index in [4.69, 9.17) is 0 Å². The van der Waals surface area contributed by atoms with Crippen LogP contribution in [0.25, 0.3) is 5.69 Å². The lowest BCUT2D eigenvalue weighted by molar-refractivity contribution is 0.143. The van der Waals surface area contributed by atoms with Gasteiger partial charge in [-0.1, -0.05) is 30.0 Å². The minimum absolute atomic E-state index is 0.0273. The number of phenolic OH excluding ortho intramolecular Hbond substituents is 1. The van der Waals surface area contributed by atoms with Crippen LogP contribution in [0.3, 0.4) is 0 Å². The van der Waals surface area contributed by atoms with Crippen molar-refractivity contribution in [2.45, 2.75) is 26.4 Å². The maximum Gasteiger partial charge on any atom is 0.297 e. The minimum atomic E-state index is -1.12. The first-order valence-corrected chi connectivity index (χ1v) is 9.14. The number of benzene rings is 2. The average molecular weight is 389 g/mol. The van der Waals surface area contributed by atoms with E-state index in [1.54, 1.807) is 42.4 Å². The highest BCUT2D eigenvalue weighted by Crippen LogP contribution is 2.20. The summed E-state index contributed by atoms with van der Waals surface area (Å²) in [6.07, 6.45) is 1.45. The highest BCUT2D eigenvalue weighted by molar-refractivity contribution is 5.86. The molecule has 0 aliphatic heterocycles. The summed E-state index contributed by atoms with van der Waals surface area (Å²) >= 11 is 0.